The number of benzene rings is 1. The molecule has 4 fully saturated rings. The predicted molar refractivity (Wildman–Crippen MR) is 168 cm³/mol. The summed E-state index contributed by atoms with van der Waals surface area (Å²) >= 11 is 0. The predicted octanol–water partition coefficient (Wildman–Crippen LogP) is 10.0. The van der Waals surface area contributed by atoms with Gasteiger partial charge in [0.1, 0.15) is 6.17 Å². The number of hydrogen-bond donors (Lipinski definition) is 0. The third-order valence-corrected chi connectivity index (χ3v) is 12.9. The second kappa shape index (κ2) is 11.6. The molecule has 4 saturated carbocycles. The Bertz CT molecular complexity index is 1220. The molecule has 0 unspecified atom stereocenters. The summed E-state index contributed by atoms with van der Waals surface area (Å²) in [4.78, 5) is 10.4. The van der Waals surface area contributed by atoms with E-state index in [1.807, 2.05) is 30.3 Å². The van der Waals surface area contributed by atoms with Gasteiger partial charge in [0.05, 0.1) is 11.7 Å². The van der Waals surface area contributed by atoms with Gasteiger partial charge in [0.2, 0.25) is 0 Å². The molecule has 1 aromatic carbocycles. The molecule has 0 aliphatic heterocycles. The van der Waals surface area contributed by atoms with Gasteiger partial charge in [-0.2, -0.15) is 0 Å². The van der Waals surface area contributed by atoms with Crippen LogP contribution in [0.5, 0.6) is 0 Å². The van der Waals surface area contributed by atoms with E-state index >= 15 is 4.39 Å². The Hall–Kier alpha value is -1.97. The van der Waals surface area contributed by atoms with E-state index in [0.29, 0.717) is 11.3 Å². The molecule has 0 radical (unpaired) electrons. The van der Waals surface area contributed by atoms with Crippen LogP contribution in [-0.2, 0) is 4.84 Å². The topological polar surface area (TPSA) is 34.5 Å². The van der Waals surface area contributed by atoms with E-state index in [1.165, 1.54) is 51.4 Å². The molecule has 0 spiro atoms. The van der Waals surface area contributed by atoms with Gasteiger partial charge in [0, 0.05) is 17.1 Å². The summed E-state index contributed by atoms with van der Waals surface area (Å²) in [7, 11) is 0. The van der Waals surface area contributed by atoms with Crippen LogP contribution in [0.25, 0.3) is 10.9 Å². The lowest BCUT2D eigenvalue weighted by molar-refractivity contribution is -0.166. The van der Waals surface area contributed by atoms with E-state index in [1.54, 1.807) is 12.4 Å². The molecule has 4 heteroatoms. The number of para-hydroxylation sites is 1. The third-order valence-electron chi connectivity index (χ3n) is 12.9. The lowest BCUT2D eigenvalue weighted by Gasteiger charge is -2.61. The van der Waals surface area contributed by atoms with Crippen molar-refractivity contribution >= 4 is 17.1 Å². The van der Waals surface area contributed by atoms with Gasteiger partial charge in [-0.05, 0) is 110 Å². The van der Waals surface area contributed by atoms with Crippen LogP contribution in [0.3, 0.4) is 0 Å². The fourth-order valence-electron chi connectivity index (χ4n) is 10.8. The summed E-state index contributed by atoms with van der Waals surface area (Å²) in [6.07, 6.45) is 15.8. The highest BCUT2D eigenvalue weighted by molar-refractivity contribution is 5.97. The fourth-order valence-corrected chi connectivity index (χ4v) is 10.8. The van der Waals surface area contributed by atoms with Crippen LogP contribution in [0, 0.1) is 52.3 Å². The van der Waals surface area contributed by atoms with Crippen molar-refractivity contribution in [2.45, 2.75) is 118 Å². The van der Waals surface area contributed by atoms with Gasteiger partial charge >= 0.3 is 0 Å². The lowest BCUT2D eigenvalue weighted by Crippen LogP contribution is -2.57. The molecule has 41 heavy (non-hydrogen) atoms. The molecule has 1 heterocycles. The normalized spacial score (nSPS) is 39.4. The van der Waals surface area contributed by atoms with Crippen LogP contribution in [0.1, 0.15) is 111 Å². The summed E-state index contributed by atoms with van der Waals surface area (Å²) in [5.74, 6) is 4.90. The van der Waals surface area contributed by atoms with Gasteiger partial charge in [-0.25, -0.2) is 4.39 Å². The van der Waals surface area contributed by atoms with Crippen LogP contribution in [0.2, 0.25) is 0 Å². The molecule has 10 atom stereocenters. The van der Waals surface area contributed by atoms with Crippen molar-refractivity contribution in [3.8, 4) is 0 Å². The van der Waals surface area contributed by atoms with E-state index < -0.39 is 12.3 Å². The Balaban J connectivity index is 1.11. The van der Waals surface area contributed by atoms with E-state index in [4.69, 9.17) is 4.84 Å². The fraction of sp³-hybridized carbons (Fsp3) is 0.730. The van der Waals surface area contributed by atoms with E-state index in [-0.39, 0.29) is 11.3 Å². The molecule has 224 valence electrons. The number of fused-ring (bicyclic) bond motifs is 6. The molecule has 2 aromatic rings. The average Bonchev–Trinajstić information content (AvgIpc) is 3.31. The monoisotopic (exact) mass is 560 g/mol. The number of rotatable bonds is 8. The van der Waals surface area contributed by atoms with E-state index in [2.05, 4.69) is 44.8 Å². The van der Waals surface area contributed by atoms with Crippen molar-refractivity contribution in [3.05, 3.63) is 42.1 Å². The van der Waals surface area contributed by atoms with Gasteiger partial charge in [0.25, 0.3) is 0 Å². The Morgan fingerprint density at radius 2 is 1.68 bits per heavy atom. The van der Waals surface area contributed by atoms with Crippen LogP contribution in [0.15, 0.2) is 41.7 Å². The first kappa shape index (κ1) is 29.1. The molecule has 0 N–H and O–H groups in total. The molecule has 4 aliphatic carbocycles. The largest absolute Gasteiger partial charge is 0.389 e. The Morgan fingerprint density at radius 1 is 0.927 bits per heavy atom. The number of nitrogens with zero attached hydrogens (tertiary/aromatic N) is 2. The second-order valence-corrected chi connectivity index (χ2v) is 15.4. The zero-order chi connectivity index (χ0) is 28.8. The summed E-state index contributed by atoms with van der Waals surface area (Å²) in [6, 6.07) is 10.0. The first-order valence-corrected chi connectivity index (χ1v) is 16.9. The SMILES string of the molecule is CC(C)CCC[C@@H](C)[C@H]1CC[C@H]2[C@@H]3CC[C@H]4[C@H](F)[C@H](O/N=C/c5cccc6cccnc56)CC[C@]4(C)[C@H]3CC[C@]12C. The molecule has 3 nitrogen and oxygen atoms in total. The maximum atomic E-state index is 16.2. The quantitative estimate of drug-likeness (QED) is 0.238. The molecule has 0 saturated heterocycles. The minimum Gasteiger partial charge on any atom is -0.389 e. The average molecular weight is 561 g/mol. The smallest absolute Gasteiger partial charge is 0.158 e. The molecule has 4 aliphatic rings. The van der Waals surface area contributed by atoms with Crippen LogP contribution < -0.4 is 0 Å². The van der Waals surface area contributed by atoms with Crippen molar-refractivity contribution in [1.82, 2.24) is 4.98 Å². The Morgan fingerprint density at radius 3 is 2.51 bits per heavy atom. The van der Waals surface area contributed by atoms with Crippen molar-refractivity contribution in [3.63, 3.8) is 0 Å². The van der Waals surface area contributed by atoms with Crippen molar-refractivity contribution in [1.29, 1.82) is 0 Å². The molecule has 1 aromatic heterocycles. The van der Waals surface area contributed by atoms with Crippen LogP contribution >= 0.6 is 0 Å². The van der Waals surface area contributed by atoms with E-state index in [9.17, 15) is 0 Å². The first-order chi connectivity index (χ1) is 19.7. The first-order valence-electron chi connectivity index (χ1n) is 16.9. The number of halogens is 1. The van der Waals surface area contributed by atoms with Crippen LogP contribution in [0.4, 0.5) is 4.39 Å². The van der Waals surface area contributed by atoms with Gasteiger partial charge in [-0.15, -0.1) is 0 Å². The summed E-state index contributed by atoms with van der Waals surface area (Å²) < 4.78 is 16.2. The van der Waals surface area contributed by atoms with E-state index in [0.717, 1.165) is 65.3 Å². The lowest BCUT2D eigenvalue weighted by atomic mass is 9.44. The molecule has 0 amide bonds. The van der Waals surface area contributed by atoms with Crippen LogP contribution in [-0.4, -0.2) is 23.5 Å². The van der Waals surface area contributed by atoms with Crippen molar-refractivity contribution < 1.29 is 9.23 Å². The number of aromatic nitrogens is 1. The van der Waals surface area contributed by atoms with Crippen molar-refractivity contribution in [2.24, 2.45) is 57.4 Å². The molecular weight excluding hydrogens is 507 g/mol. The van der Waals surface area contributed by atoms with Gasteiger partial charge < -0.3 is 4.84 Å². The highest BCUT2D eigenvalue weighted by Gasteiger charge is 2.62. The number of oxime groups is 1. The molecular formula is C37H53FN2O. The van der Waals surface area contributed by atoms with Gasteiger partial charge in [-0.3, -0.25) is 4.98 Å². The summed E-state index contributed by atoms with van der Waals surface area (Å²) in [5, 5.41) is 5.38. The maximum Gasteiger partial charge on any atom is 0.158 e. The Kier molecular flexibility index (Phi) is 8.24. The number of alkyl halides is 1. The zero-order valence-electron chi connectivity index (χ0n) is 26.2. The molecule has 6 rings (SSSR count). The second-order valence-electron chi connectivity index (χ2n) is 15.4. The van der Waals surface area contributed by atoms with Gasteiger partial charge in [0.15, 0.2) is 6.10 Å². The minimum absolute atomic E-state index is 0.0910. The highest BCUT2D eigenvalue weighted by atomic mass is 19.1. The summed E-state index contributed by atoms with van der Waals surface area (Å²) in [5.41, 5.74) is 2.39. The zero-order valence-corrected chi connectivity index (χ0v) is 26.2. The van der Waals surface area contributed by atoms with Crippen molar-refractivity contribution in [2.75, 3.05) is 0 Å². The third kappa shape index (κ3) is 5.24. The standard InChI is InChI=1S/C37H53FN2O/c1-24(2)9-6-10-25(3)29-16-17-30-28-14-15-32-34(38)33(19-21-37(32,5)31(28)18-20-36(29,30)4)41-40-23-27-12-7-11-26-13-8-22-39-35(26)27/h7-8,11-13,22-25,28-34H,6,9-10,14-21H2,1-5H3/b40-23+/t25-,28+,29-,30+,31+,32+,33-,34+,36-,37-/m1/s1. The maximum absolute atomic E-state index is 16.2. The number of hydrogen-bond acceptors (Lipinski definition) is 3. The number of pyridine rings is 1. The summed E-state index contributed by atoms with van der Waals surface area (Å²) in [6.45, 7) is 12.4. The van der Waals surface area contributed by atoms with Gasteiger partial charge in [-0.1, -0.05) is 83.3 Å². The minimum atomic E-state index is -0.942. The Labute approximate surface area is 248 Å². The highest BCUT2D eigenvalue weighted by Crippen LogP contribution is 2.68. The molecule has 0 bridgehead atoms.